The van der Waals surface area contributed by atoms with Crippen molar-refractivity contribution in [3.05, 3.63) is 101 Å². The number of hydrogen-bond acceptors (Lipinski definition) is 6. The van der Waals surface area contributed by atoms with Gasteiger partial charge in [0.2, 0.25) is 5.95 Å². The summed E-state index contributed by atoms with van der Waals surface area (Å²) in [5.74, 6) is -0.744. The average molecular weight is 414 g/mol. The van der Waals surface area contributed by atoms with Crippen molar-refractivity contribution < 1.29 is 9.59 Å². The molecular formula is C23H22N6O2. The van der Waals surface area contributed by atoms with Crippen LogP contribution in [0.4, 0.5) is 5.95 Å². The van der Waals surface area contributed by atoms with E-state index in [2.05, 4.69) is 31.1 Å². The maximum absolute atomic E-state index is 12.7. The Morgan fingerprint density at radius 2 is 1.71 bits per heavy atom. The summed E-state index contributed by atoms with van der Waals surface area (Å²) >= 11 is 0. The third-order valence-electron chi connectivity index (χ3n) is 4.13. The van der Waals surface area contributed by atoms with Gasteiger partial charge in [-0.2, -0.15) is 5.10 Å². The van der Waals surface area contributed by atoms with E-state index in [1.165, 1.54) is 12.4 Å². The quantitative estimate of drug-likeness (QED) is 0.313. The normalized spacial score (nSPS) is 11.2. The SMILES string of the molecule is Cc1ccc(/C=N/NC(=O)/C(=C/Nc2nccc(C)n2)NC(=O)c2ccccc2)cc1. The summed E-state index contributed by atoms with van der Waals surface area (Å²) in [5.41, 5.74) is 5.50. The van der Waals surface area contributed by atoms with Crippen molar-refractivity contribution in [1.29, 1.82) is 0 Å². The maximum Gasteiger partial charge on any atom is 0.289 e. The summed E-state index contributed by atoms with van der Waals surface area (Å²) in [6.45, 7) is 3.81. The van der Waals surface area contributed by atoms with Crippen LogP contribution >= 0.6 is 0 Å². The molecule has 0 bridgehead atoms. The number of benzene rings is 2. The Labute approximate surface area is 180 Å². The van der Waals surface area contributed by atoms with Gasteiger partial charge in [-0.05, 0) is 37.6 Å². The highest BCUT2D eigenvalue weighted by molar-refractivity contribution is 6.03. The van der Waals surface area contributed by atoms with Gasteiger partial charge in [0.05, 0.1) is 6.21 Å². The molecule has 0 saturated heterocycles. The highest BCUT2D eigenvalue weighted by atomic mass is 16.2. The molecule has 1 aromatic heterocycles. The number of aryl methyl sites for hydroxylation is 2. The van der Waals surface area contributed by atoms with Crippen LogP contribution in [-0.4, -0.2) is 28.0 Å². The highest BCUT2D eigenvalue weighted by Crippen LogP contribution is 2.04. The van der Waals surface area contributed by atoms with Crippen LogP contribution in [0.15, 0.2) is 83.9 Å². The van der Waals surface area contributed by atoms with Crippen LogP contribution in [0.5, 0.6) is 0 Å². The average Bonchev–Trinajstić information content (AvgIpc) is 2.78. The lowest BCUT2D eigenvalue weighted by molar-refractivity contribution is -0.117. The number of hydrazone groups is 1. The number of hydrogen-bond donors (Lipinski definition) is 3. The van der Waals surface area contributed by atoms with Crippen molar-refractivity contribution in [2.45, 2.75) is 13.8 Å². The zero-order valence-corrected chi connectivity index (χ0v) is 17.2. The smallest absolute Gasteiger partial charge is 0.289 e. The number of rotatable bonds is 7. The molecule has 0 aliphatic rings. The second kappa shape index (κ2) is 10.4. The molecule has 2 amide bonds. The van der Waals surface area contributed by atoms with Gasteiger partial charge < -0.3 is 10.6 Å². The van der Waals surface area contributed by atoms with E-state index < -0.39 is 11.8 Å². The molecule has 0 aliphatic heterocycles. The Kier molecular flexibility index (Phi) is 7.21. The minimum atomic E-state index is -0.604. The molecule has 0 fully saturated rings. The molecule has 3 rings (SSSR count). The largest absolute Gasteiger partial charge is 0.328 e. The van der Waals surface area contributed by atoms with E-state index >= 15 is 0 Å². The van der Waals surface area contributed by atoms with Gasteiger partial charge in [-0.15, -0.1) is 0 Å². The van der Waals surface area contributed by atoms with Crippen molar-refractivity contribution in [1.82, 2.24) is 20.7 Å². The van der Waals surface area contributed by atoms with E-state index in [-0.39, 0.29) is 5.70 Å². The first kappa shape index (κ1) is 21.4. The number of carbonyl (C=O) groups excluding carboxylic acids is 2. The molecule has 0 spiro atoms. The van der Waals surface area contributed by atoms with Gasteiger partial charge in [0.1, 0.15) is 5.70 Å². The van der Waals surface area contributed by atoms with Crippen LogP contribution < -0.4 is 16.1 Å². The lowest BCUT2D eigenvalue weighted by Crippen LogP contribution is -2.33. The molecule has 156 valence electrons. The van der Waals surface area contributed by atoms with Crippen LogP contribution in [0.25, 0.3) is 0 Å². The molecule has 3 aromatic rings. The third kappa shape index (κ3) is 6.60. The van der Waals surface area contributed by atoms with Crippen LogP contribution in [0.2, 0.25) is 0 Å². The first-order chi connectivity index (χ1) is 15.0. The van der Waals surface area contributed by atoms with E-state index in [1.807, 2.05) is 38.1 Å². The molecule has 3 N–H and O–H groups in total. The second-order valence-electron chi connectivity index (χ2n) is 6.65. The van der Waals surface area contributed by atoms with Crippen LogP contribution in [0.1, 0.15) is 27.2 Å². The first-order valence-electron chi connectivity index (χ1n) is 9.54. The van der Waals surface area contributed by atoms with Gasteiger partial charge in [0, 0.05) is 23.7 Å². The molecule has 0 aliphatic carbocycles. The molecule has 8 heteroatoms. The number of nitrogens with one attached hydrogen (secondary N) is 3. The van der Waals surface area contributed by atoms with Crippen LogP contribution in [0.3, 0.4) is 0 Å². The van der Waals surface area contributed by atoms with Crippen molar-refractivity contribution in [3.63, 3.8) is 0 Å². The number of amides is 2. The Morgan fingerprint density at radius 3 is 2.42 bits per heavy atom. The standard InChI is InChI=1S/C23H22N6O2/c1-16-8-10-18(11-9-16)14-26-29-22(31)20(15-25-23-24-13-12-17(2)27-23)28-21(30)19-6-4-3-5-7-19/h3-15H,1-2H3,(H,28,30)(H,29,31)(H,24,25,27)/b20-15-,26-14+. The fourth-order valence-electron chi connectivity index (χ4n) is 2.48. The molecule has 31 heavy (non-hydrogen) atoms. The van der Waals surface area contributed by atoms with Crippen LogP contribution in [-0.2, 0) is 4.79 Å². The molecule has 0 radical (unpaired) electrons. The fourth-order valence-corrected chi connectivity index (χ4v) is 2.48. The predicted octanol–water partition coefficient (Wildman–Crippen LogP) is 2.93. The van der Waals surface area contributed by atoms with Gasteiger partial charge in [0.25, 0.3) is 11.8 Å². The lowest BCUT2D eigenvalue weighted by Gasteiger charge is -2.09. The van der Waals surface area contributed by atoms with Gasteiger partial charge in [0.15, 0.2) is 0 Å². The number of anilines is 1. The molecular weight excluding hydrogens is 392 g/mol. The second-order valence-corrected chi connectivity index (χ2v) is 6.65. The third-order valence-corrected chi connectivity index (χ3v) is 4.13. The summed E-state index contributed by atoms with van der Waals surface area (Å²) in [7, 11) is 0. The van der Waals surface area contributed by atoms with Crippen LogP contribution in [0, 0.1) is 13.8 Å². The summed E-state index contributed by atoms with van der Waals surface area (Å²) < 4.78 is 0. The summed E-state index contributed by atoms with van der Waals surface area (Å²) in [6, 6.07) is 18.0. The monoisotopic (exact) mass is 414 g/mol. The molecule has 2 aromatic carbocycles. The maximum atomic E-state index is 12.7. The molecule has 1 heterocycles. The van der Waals surface area contributed by atoms with E-state index in [0.717, 1.165) is 16.8 Å². The Hall–Kier alpha value is -4.33. The number of aromatic nitrogens is 2. The van der Waals surface area contributed by atoms with Gasteiger partial charge in [-0.1, -0.05) is 48.0 Å². The molecule has 0 saturated carbocycles. The molecule has 8 nitrogen and oxygen atoms in total. The lowest BCUT2D eigenvalue weighted by atomic mass is 10.2. The van der Waals surface area contributed by atoms with Crippen molar-refractivity contribution >= 4 is 24.0 Å². The first-order valence-corrected chi connectivity index (χ1v) is 9.54. The Balaban J connectivity index is 1.74. The van der Waals surface area contributed by atoms with Crippen molar-refractivity contribution in [2.24, 2.45) is 5.10 Å². The Morgan fingerprint density at radius 1 is 0.968 bits per heavy atom. The summed E-state index contributed by atoms with van der Waals surface area (Å²) in [4.78, 5) is 33.5. The molecule has 0 unspecified atom stereocenters. The predicted molar refractivity (Wildman–Crippen MR) is 119 cm³/mol. The van der Waals surface area contributed by atoms with Gasteiger partial charge >= 0.3 is 0 Å². The van der Waals surface area contributed by atoms with E-state index in [1.54, 1.807) is 42.6 Å². The molecule has 0 atom stereocenters. The van der Waals surface area contributed by atoms with Gasteiger partial charge in [-0.25, -0.2) is 15.4 Å². The fraction of sp³-hybridized carbons (Fsp3) is 0.0870. The van der Waals surface area contributed by atoms with E-state index in [0.29, 0.717) is 11.5 Å². The zero-order valence-electron chi connectivity index (χ0n) is 17.2. The summed E-state index contributed by atoms with van der Waals surface area (Å²) in [6.07, 6.45) is 4.43. The highest BCUT2D eigenvalue weighted by Gasteiger charge is 2.14. The topological polar surface area (TPSA) is 108 Å². The number of nitrogens with zero attached hydrogens (tertiary/aromatic N) is 3. The minimum Gasteiger partial charge on any atom is -0.328 e. The number of carbonyl (C=O) groups is 2. The zero-order chi connectivity index (χ0) is 22.1. The van der Waals surface area contributed by atoms with E-state index in [4.69, 9.17) is 0 Å². The van der Waals surface area contributed by atoms with Crippen molar-refractivity contribution in [3.8, 4) is 0 Å². The van der Waals surface area contributed by atoms with Crippen molar-refractivity contribution in [2.75, 3.05) is 5.32 Å². The minimum absolute atomic E-state index is 0.0417. The van der Waals surface area contributed by atoms with E-state index in [9.17, 15) is 9.59 Å². The summed E-state index contributed by atoms with van der Waals surface area (Å²) in [5, 5.41) is 9.38. The Bertz CT molecular complexity index is 1110. The van der Waals surface area contributed by atoms with Gasteiger partial charge in [-0.3, -0.25) is 9.59 Å².